The van der Waals surface area contributed by atoms with Crippen LogP contribution in [0, 0.1) is 19.8 Å². The van der Waals surface area contributed by atoms with E-state index in [9.17, 15) is 9.90 Å². The van der Waals surface area contributed by atoms with Crippen LogP contribution < -0.4 is 5.56 Å². The minimum absolute atomic E-state index is 0.0403. The molecule has 1 aromatic carbocycles. The van der Waals surface area contributed by atoms with Crippen LogP contribution in [0.3, 0.4) is 0 Å². The van der Waals surface area contributed by atoms with E-state index in [0.29, 0.717) is 13.1 Å². The third-order valence-electron chi connectivity index (χ3n) is 5.49. The lowest BCUT2D eigenvalue weighted by Gasteiger charge is -2.16. The zero-order chi connectivity index (χ0) is 19.0. The quantitative estimate of drug-likeness (QED) is 0.748. The van der Waals surface area contributed by atoms with Gasteiger partial charge in [0.2, 0.25) is 0 Å². The first-order valence-electron chi connectivity index (χ1n) is 9.42. The average molecular weight is 363 g/mol. The van der Waals surface area contributed by atoms with Gasteiger partial charge in [-0.15, -0.1) is 0 Å². The molecule has 1 aliphatic heterocycles. The summed E-state index contributed by atoms with van der Waals surface area (Å²) in [6.07, 6.45) is 4.02. The predicted octanol–water partition coefficient (Wildman–Crippen LogP) is 2.58. The molecule has 1 fully saturated rings. The van der Waals surface area contributed by atoms with Crippen molar-refractivity contribution in [2.24, 2.45) is 5.92 Å². The number of H-pyrrole nitrogens is 1. The van der Waals surface area contributed by atoms with Gasteiger partial charge in [-0.25, -0.2) is 0 Å². The number of aromatic amines is 1. The molecular formula is C22H25N3O2. The van der Waals surface area contributed by atoms with Crippen LogP contribution >= 0.6 is 0 Å². The highest BCUT2D eigenvalue weighted by Crippen LogP contribution is 2.24. The lowest BCUT2D eigenvalue weighted by atomic mass is 9.97. The van der Waals surface area contributed by atoms with Gasteiger partial charge in [0.15, 0.2) is 0 Å². The van der Waals surface area contributed by atoms with Crippen molar-refractivity contribution in [2.75, 3.05) is 13.1 Å². The van der Waals surface area contributed by atoms with Crippen LogP contribution in [0.4, 0.5) is 0 Å². The number of hydrogen-bond acceptors (Lipinski definition) is 4. The highest BCUT2D eigenvalue weighted by atomic mass is 16.3. The van der Waals surface area contributed by atoms with Crippen LogP contribution in [0.2, 0.25) is 0 Å². The van der Waals surface area contributed by atoms with Gasteiger partial charge in [0, 0.05) is 43.5 Å². The van der Waals surface area contributed by atoms with Crippen LogP contribution in [0.1, 0.15) is 22.3 Å². The highest BCUT2D eigenvalue weighted by molar-refractivity contribution is 5.82. The van der Waals surface area contributed by atoms with Gasteiger partial charge in [0.25, 0.3) is 5.56 Å². The summed E-state index contributed by atoms with van der Waals surface area (Å²) in [4.78, 5) is 21.8. The first kappa shape index (κ1) is 17.9. The predicted molar refractivity (Wildman–Crippen MR) is 107 cm³/mol. The number of aliphatic hydroxyl groups is 1. The molecule has 0 bridgehead atoms. The average Bonchev–Trinajstić information content (AvgIpc) is 2.96. The SMILES string of the molecule is Cc1cc(C)c2[nH]c(=O)c(CN3C[C@@H](Cc4ccncc4)[C@H](O)C3)cc2c1. The summed E-state index contributed by atoms with van der Waals surface area (Å²) in [5.41, 5.74) is 5.08. The number of aromatic nitrogens is 2. The molecular weight excluding hydrogens is 338 g/mol. The fourth-order valence-electron chi connectivity index (χ4n) is 4.18. The summed E-state index contributed by atoms with van der Waals surface area (Å²) in [5.74, 6) is 0.177. The Morgan fingerprint density at radius 3 is 2.74 bits per heavy atom. The molecule has 0 unspecified atom stereocenters. The van der Waals surface area contributed by atoms with E-state index in [1.807, 2.05) is 25.1 Å². The number of nitrogens with one attached hydrogen (secondary N) is 1. The van der Waals surface area contributed by atoms with E-state index in [1.54, 1.807) is 12.4 Å². The van der Waals surface area contributed by atoms with Crippen molar-refractivity contribution in [3.63, 3.8) is 0 Å². The van der Waals surface area contributed by atoms with Crippen molar-refractivity contribution in [1.29, 1.82) is 0 Å². The maximum absolute atomic E-state index is 12.6. The van der Waals surface area contributed by atoms with Crippen LogP contribution in [-0.4, -0.2) is 39.2 Å². The first-order chi connectivity index (χ1) is 13.0. The number of β-amino-alcohol motifs (C(OH)–C–C–N with tert-alkyl or cyclic N) is 1. The third kappa shape index (κ3) is 3.80. The second kappa shape index (κ2) is 7.25. The van der Waals surface area contributed by atoms with E-state index >= 15 is 0 Å². The van der Waals surface area contributed by atoms with E-state index in [2.05, 4.69) is 33.9 Å². The number of aryl methyl sites for hydroxylation is 2. The van der Waals surface area contributed by atoms with Crippen molar-refractivity contribution in [3.05, 3.63) is 75.3 Å². The summed E-state index contributed by atoms with van der Waals surface area (Å²) >= 11 is 0. The van der Waals surface area contributed by atoms with E-state index < -0.39 is 0 Å². The number of likely N-dealkylation sites (tertiary alicyclic amines) is 1. The number of pyridine rings is 2. The Balaban J connectivity index is 1.52. The number of fused-ring (bicyclic) bond motifs is 1. The summed E-state index contributed by atoms with van der Waals surface area (Å²) in [7, 11) is 0. The molecule has 4 rings (SSSR count). The number of nitrogens with zero attached hydrogens (tertiary/aromatic N) is 2. The molecule has 2 atom stereocenters. The van der Waals surface area contributed by atoms with Gasteiger partial charge in [-0.05, 0) is 61.0 Å². The fraction of sp³-hybridized carbons (Fsp3) is 0.364. The van der Waals surface area contributed by atoms with Gasteiger partial charge >= 0.3 is 0 Å². The summed E-state index contributed by atoms with van der Waals surface area (Å²) in [6.45, 7) is 6.03. The van der Waals surface area contributed by atoms with Gasteiger partial charge in [0.1, 0.15) is 0 Å². The number of rotatable bonds is 4. The van der Waals surface area contributed by atoms with Crippen molar-refractivity contribution < 1.29 is 5.11 Å². The maximum atomic E-state index is 12.6. The normalized spacial score (nSPS) is 20.4. The largest absolute Gasteiger partial charge is 0.391 e. The van der Waals surface area contributed by atoms with Crippen molar-refractivity contribution >= 4 is 10.9 Å². The van der Waals surface area contributed by atoms with E-state index in [0.717, 1.165) is 35.0 Å². The monoisotopic (exact) mass is 363 g/mol. The van der Waals surface area contributed by atoms with E-state index in [1.165, 1.54) is 11.1 Å². The molecule has 1 saturated heterocycles. The summed E-state index contributed by atoms with van der Waals surface area (Å²) in [5, 5.41) is 11.5. The van der Waals surface area contributed by atoms with Crippen molar-refractivity contribution in [3.8, 4) is 0 Å². The van der Waals surface area contributed by atoms with Crippen LogP contribution in [-0.2, 0) is 13.0 Å². The topological polar surface area (TPSA) is 69.2 Å². The number of aliphatic hydroxyl groups excluding tert-OH is 1. The summed E-state index contributed by atoms with van der Waals surface area (Å²) in [6, 6.07) is 10.2. The van der Waals surface area contributed by atoms with Gasteiger partial charge in [-0.1, -0.05) is 11.6 Å². The zero-order valence-corrected chi connectivity index (χ0v) is 15.8. The smallest absolute Gasteiger partial charge is 0.252 e. The minimum Gasteiger partial charge on any atom is -0.391 e. The molecule has 0 radical (unpaired) electrons. The second-order valence-corrected chi connectivity index (χ2v) is 7.75. The Hall–Kier alpha value is -2.50. The van der Waals surface area contributed by atoms with Gasteiger partial charge < -0.3 is 10.1 Å². The molecule has 0 aliphatic carbocycles. The fourth-order valence-corrected chi connectivity index (χ4v) is 4.18. The molecule has 3 aromatic rings. The Labute approximate surface area is 158 Å². The molecule has 0 amide bonds. The van der Waals surface area contributed by atoms with Crippen molar-refractivity contribution in [1.82, 2.24) is 14.9 Å². The zero-order valence-electron chi connectivity index (χ0n) is 15.8. The molecule has 5 heteroatoms. The Morgan fingerprint density at radius 2 is 1.96 bits per heavy atom. The Bertz CT molecular complexity index is 1010. The van der Waals surface area contributed by atoms with Gasteiger partial charge in [-0.2, -0.15) is 0 Å². The van der Waals surface area contributed by atoms with E-state index in [-0.39, 0.29) is 17.6 Å². The van der Waals surface area contributed by atoms with Gasteiger partial charge in [0.05, 0.1) is 11.6 Å². The molecule has 0 saturated carbocycles. The molecule has 3 heterocycles. The second-order valence-electron chi connectivity index (χ2n) is 7.75. The number of benzene rings is 1. The molecule has 2 aromatic heterocycles. The number of hydrogen-bond donors (Lipinski definition) is 2. The summed E-state index contributed by atoms with van der Waals surface area (Å²) < 4.78 is 0. The third-order valence-corrected chi connectivity index (χ3v) is 5.49. The maximum Gasteiger partial charge on any atom is 0.252 e. The molecule has 1 aliphatic rings. The minimum atomic E-state index is -0.373. The van der Waals surface area contributed by atoms with Crippen LogP contribution in [0.25, 0.3) is 10.9 Å². The molecule has 5 nitrogen and oxygen atoms in total. The molecule has 27 heavy (non-hydrogen) atoms. The van der Waals surface area contributed by atoms with Gasteiger partial charge in [-0.3, -0.25) is 14.7 Å². The molecule has 2 N–H and O–H groups in total. The highest BCUT2D eigenvalue weighted by Gasteiger charge is 2.31. The molecule has 140 valence electrons. The Kier molecular flexibility index (Phi) is 4.81. The first-order valence-corrected chi connectivity index (χ1v) is 9.42. The Morgan fingerprint density at radius 1 is 1.19 bits per heavy atom. The lowest BCUT2D eigenvalue weighted by molar-refractivity contribution is 0.141. The van der Waals surface area contributed by atoms with Crippen LogP contribution in [0.5, 0.6) is 0 Å². The van der Waals surface area contributed by atoms with E-state index in [4.69, 9.17) is 0 Å². The standard InChI is InChI=1S/C22H25N3O2/c1-14-7-15(2)21-17(8-14)10-19(22(27)24-21)12-25-11-18(20(26)13-25)9-16-3-5-23-6-4-16/h3-8,10,18,20,26H,9,11-13H2,1-2H3,(H,24,27)/t18-,20-/m1/s1. The van der Waals surface area contributed by atoms with Crippen LogP contribution in [0.15, 0.2) is 47.5 Å². The molecule has 0 spiro atoms. The van der Waals surface area contributed by atoms with Crippen molar-refractivity contribution in [2.45, 2.75) is 32.9 Å². The lowest BCUT2D eigenvalue weighted by Crippen LogP contribution is -2.26.